The topological polar surface area (TPSA) is 50.7 Å². The van der Waals surface area contributed by atoms with Crippen LogP contribution in [0, 0.1) is 11.8 Å². The molecular formula is C19H30ClNO3. The lowest BCUT2D eigenvalue weighted by Crippen LogP contribution is -2.44. The van der Waals surface area contributed by atoms with Crippen molar-refractivity contribution in [2.75, 3.05) is 26.4 Å². The highest BCUT2D eigenvalue weighted by molar-refractivity contribution is 6.30. The zero-order chi connectivity index (χ0) is 17.4. The van der Waals surface area contributed by atoms with Crippen molar-refractivity contribution in [1.82, 2.24) is 5.32 Å². The van der Waals surface area contributed by atoms with Crippen molar-refractivity contribution < 1.29 is 14.6 Å². The van der Waals surface area contributed by atoms with Crippen molar-refractivity contribution in [3.05, 3.63) is 29.3 Å². The number of hydrogen-bond acceptors (Lipinski definition) is 4. The van der Waals surface area contributed by atoms with E-state index in [9.17, 15) is 5.11 Å². The van der Waals surface area contributed by atoms with Gasteiger partial charge in [0.15, 0.2) is 0 Å². The van der Waals surface area contributed by atoms with Gasteiger partial charge in [0.2, 0.25) is 0 Å². The molecule has 5 heteroatoms. The van der Waals surface area contributed by atoms with Gasteiger partial charge >= 0.3 is 0 Å². The fourth-order valence-corrected chi connectivity index (χ4v) is 3.31. The van der Waals surface area contributed by atoms with Gasteiger partial charge in [-0.1, -0.05) is 38.3 Å². The van der Waals surface area contributed by atoms with Gasteiger partial charge in [-0.25, -0.2) is 0 Å². The van der Waals surface area contributed by atoms with Crippen LogP contribution in [-0.4, -0.2) is 43.6 Å². The normalized spacial score (nSPS) is 25.4. The molecule has 1 aliphatic carbocycles. The molecule has 0 saturated heterocycles. The molecule has 0 unspecified atom stereocenters. The van der Waals surface area contributed by atoms with Crippen molar-refractivity contribution in [3.8, 4) is 5.75 Å². The first-order chi connectivity index (χ1) is 11.6. The van der Waals surface area contributed by atoms with Gasteiger partial charge in [-0.05, 0) is 42.5 Å². The third kappa shape index (κ3) is 6.60. The van der Waals surface area contributed by atoms with Gasteiger partial charge in [0.25, 0.3) is 0 Å². The minimum Gasteiger partial charge on any atom is -0.491 e. The molecule has 0 heterocycles. The van der Waals surface area contributed by atoms with E-state index >= 15 is 0 Å². The van der Waals surface area contributed by atoms with E-state index in [0.717, 1.165) is 11.7 Å². The number of rotatable bonds is 9. The predicted octanol–water partition coefficient (Wildman–Crippen LogP) is 3.51. The number of nitrogens with one attached hydrogen (secondary N) is 1. The third-order valence-corrected chi connectivity index (χ3v) is 5.19. The van der Waals surface area contributed by atoms with Gasteiger partial charge in [-0.2, -0.15) is 0 Å². The minimum absolute atomic E-state index is 0.327. The van der Waals surface area contributed by atoms with Crippen molar-refractivity contribution in [1.29, 1.82) is 0 Å². The highest BCUT2D eigenvalue weighted by Crippen LogP contribution is 2.29. The molecule has 2 rings (SSSR count). The number of ether oxygens (including phenoxy) is 2. The van der Waals surface area contributed by atoms with Crippen molar-refractivity contribution >= 4 is 11.6 Å². The van der Waals surface area contributed by atoms with Crippen LogP contribution in [0.1, 0.15) is 33.1 Å². The van der Waals surface area contributed by atoms with E-state index in [1.807, 2.05) is 12.1 Å². The Bertz CT molecular complexity index is 468. The maximum Gasteiger partial charge on any atom is 0.119 e. The molecule has 0 bridgehead atoms. The summed E-state index contributed by atoms with van der Waals surface area (Å²) in [4.78, 5) is 0. The highest BCUT2D eigenvalue weighted by Gasteiger charge is 2.26. The Kier molecular flexibility index (Phi) is 8.33. The second-order valence-electron chi connectivity index (χ2n) is 6.81. The van der Waals surface area contributed by atoms with Crippen LogP contribution in [0.15, 0.2) is 24.3 Å². The van der Waals surface area contributed by atoms with Crippen molar-refractivity contribution in [3.63, 3.8) is 0 Å². The monoisotopic (exact) mass is 355 g/mol. The summed E-state index contributed by atoms with van der Waals surface area (Å²) in [5, 5.41) is 14.2. The van der Waals surface area contributed by atoms with Gasteiger partial charge in [-0.3, -0.25) is 0 Å². The average molecular weight is 356 g/mol. The summed E-state index contributed by atoms with van der Waals surface area (Å²) in [5.74, 6) is 2.19. The summed E-state index contributed by atoms with van der Waals surface area (Å²) < 4.78 is 11.0. The summed E-state index contributed by atoms with van der Waals surface area (Å²) in [6.07, 6.45) is 3.31. The molecule has 1 aliphatic rings. The molecule has 1 aromatic rings. The molecule has 0 amide bonds. The van der Waals surface area contributed by atoms with Crippen LogP contribution in [0.25, 0.3) is 0 Å². The van der Waals surface area contributed by atoms with Gasteiger partial charge in [0.05, 0.1) is 19.3 Å². The first-order valence-electron chi connectivity index (χ1n) is 8.94. The maximum atomic E-state index is 10.0. The summed E-state index contributed by atoms with van der Waals surface area (Å²) >= 11 is 5.82. The quantitative estimate of drug-likeness (QED) is 0.665. The van der Waals surface area contributed by atoms with Crippen LogP contribution in [0.5, 0.6) is 5.75 Å². The summed E-state index contributed by atoms with van der Waals surface area (Å²) in [7, 11) is 0. The number of aliphatic hydroxyl groups excluding tert-OH is 1. The number of halogens is 1. The number of aliphatic hydroxyl groups is 1. The Labute approximate surface area is 150 Å². The molecule has 1 saturated carbocycles. The van der Waals surface area contributed by atoms with Gasteiger partial charge in [0.1, 0.15) is 12.4 Å². The van der Waals surface area contributed by atoms with Crippen LogP contribution in [0.2, 0.25) is 5.02 Å². The minimum atomic E-state index is -0.482. The van der Waals surface area contributed by atoms with Gasteiger partial charge < -0.3 is 19.9 Å². The number of benzene rings is 1. The Morgan fingerprint density at radius 3 is 2.71 bits per heavy atom. The zero-order valence-electron chi connectivity index (χ0n) is 14.7. The van der Waals surface area contributed by atoms with E-state index in [1.54, 1.807) is 12.1 Å². The molecule has 4 nitrogen and oxygen atoms in total. The molecular weight excluding hydrogens is 326 g/mol. The van der Waals surface area contributed by atoms with Crippen molar-refractivity contribution in [2.24, 2.45) is 11.8 Å². The Balaban J connectivity index is 1.53. The molecule has 136 valence electrons. The molecule has 4 atom stereocenters. The SMILES string of the molecule is C[C@@H]1[C@@H](C)CCC[C@H]1NC[C@H](O)COCCOc1ccc(Cl)cc1. The molecule has 0 aromatic heterocycles. The van der Waals surface area contributed by atoms with Crippen LogP contribution >= 0.6 is 11.6 Å². The van der Waals surface area contributed by atoms with E-state index in [0.29, 0.717) is 43.3 Å². The lowest BCUT2D eigenvalue weighted by Gasteiger charge is -2.35. The largest absolute Gasteiger partial charge is 0.491 e. The second-order valence-corrected chi connectivity index (χ2v) is 7.25. The Morgan fingerprint density at radius 2 is 1.96 bits per heavy atom. The van der Waals surface area contributed by atoms with Gasteiger partial charge in [0, 0.05) is 17.6 Å². The van der Waals surface area contributed by atoms with Crippen LogP contribution < -0.4 is 10.1 Å². The van der Waals surface area contributed by atoms with E-state index < -0.39 is 6.10 Å². The first-order valence-corrected chi connectivity index (χ1v) is 9.31. The molecule has 1 fully saturated rings. The predicted molar refractivity (Wildman–Crippen MR) is 97.7 cm³/mol. The van der Waals surface area contributed by atoms with Crippen LogP contribution in [0.3, 0.4) is 0 Å². The smallest absolute Gasteiger partial charge is 0.119 e. The summed E-state index contributed by atoms with van der Waals surface area (Å²) in [5.41, 5.74) is 0. The highest BCUT2D eigenvalue weighted by atomic mass is 35.5. The Morgan fingerprint density at radius 1 is 1.21 bits per heavy atom. The Hall–Kier alpha value is -0.810. The van der Waals surface area contributed by atoms with E-state index in [1.165, 1.54) is 19.3 Å². The summed E-state index contributed by atoms with van der Waals surface area (Å²) in [6.45, 7) is 6.44. The lowest BCUT2D eigenvalue weighted by atomic mass is 9.78. The van der Waals surface area contributed by atoms with E-state index in [-0.39, 0.29) is 0 Å². The molecule has 0 aliphatic heterocycles. The maximum absolute atomic E-state index is 10.0. The first kappa shape index (κ1) is 19.5. The second kappa shape index (κ2) is 10.2. The third-order valence-electron chi connectivity index (χ3n) is 4.94. The van der Waals surface area contributed by atoms with Crippen LogP contribution in [0.4, 0.5) is 0 Å². The van der Waals surface area contributed by atoms with Crippen molar-refractivity contribution in [2.45, 2.75) is 45.3 Å². The van der Waals surface area contributed by atoms with E-state index in [4.69, 9.17) is 21.1 Å². The fraction of sp³-hybridized carbons (Fsp3) is 0.684. The summed E-state index contributed by atoms with van der Waals surface area (Å²) in [6, 6.07) is 7.75. The molecule has 0 spiro atoms. The number of hydrogen-bond donors (Lipinski definition) is 2. The zero-order valence-corrected chi connectivity index (χ0v) is 15.5. The molecule has 2 N–H and O–H groups in total. The lowest BCUT2D eigenvalue weighted by molar-refractivity contribution is 0.0217. The van der Waals surface area contributed by atoms with Crippen LogP contribution in [-0.2, 0) is 4.74 Å². The molecule has 1 aromatic carbocycles. The fourth-order valence-electron chi connectivity index (χ4n) is 3.19. The van der Waals surface area contributed by atoms with Gasteiger partial charge in [-0.15, -0.1) is 0 Å². The van der Waals surface area contributed by atoms with E-state index in [2.05, 4.69) is 19.2 Å². The molecule has 24 heavy (non-hydrogen) atoms. The standard InChI is InChI=1S/C19H30ClNO3/c1-14-4-3-5-19(15(14)2)21-12-17(22)13-23-10-11-24-18-8-6-16(20)7-9-18/h6-9,14-15,17,19,21-22H,3-5,10-13H2,1-2H3/t14-,15+,17-,19+/m0/s1. The molecule has 0 radical (unpaired) electrons. The average Bonchev–Trinajstić information content (AvgIpc) is 2.57.